The maximum absolute atomic E-state index is 12.8. The van der Waals surface area contributed by atoms with Gasteiger partial charge in [-0.1, -0.05) is 36.4 Å². The average molecular weight is 356 g/mol. The topological polar surface area (TPSA) is 32.8 Å². The predicted molar refractivity (Wildman–Crippen MR) is 99.8 cm³/mol. The van der Waals surface area contributed by atoms with Gasteiger partial charge in [0.25, 0.3) is 5.91 Å². The maximum Gasteiger partial charge on any atom is 0.263 e. The number of nitrogens with zero attached hydrogens (tertiary/aromatic N) is 2. The van der Waals surface area contributed by atoms with Crippen LogP contribution in [0.4, 0.5) is 0 Å². The van der Waals surface area contributed by atoms with Gasteiger partial charge in [0.15, 0.2) is 0 Å². The van der Waals surface area contributed by atoms with Crippen LogP contribution < -0.4 is 0 Å². The Balaban J connectivity index is 1.51. The van der Waals surface area contributed by atoms with Crippen LogP contribution in [-0.4, -0.2) is 54.6 Å². The van der Waals surface area contributed by atoms with Crippen molar-refractivity contribution in [1.29, 1.82) is 0 Å². The number of ether oxygens (including phenoxy) is 1. The predicted octanol–water partition coefficient (Wildman–Crippen LogP) is 3.11. The molecule has 2 atom stereocenters. The van der Waals surface area contributed by atoms with Crippen molar-refractivity contribution in [1.82, 2.24) is 9.80 Å². The summed E-state index contributed by atoms with van der Waals surface area (Å²) < 4.78 is 5.86. The molecule has 132 valence electrons. The molecule has 1 amide bonds. The molecule has 2 saturated heterocycles. The van der Waals surface area contributed by atoms with Gasteiger partial charge in [0.05, 0.1) is 18.1 Å². The summed E-state index contributed by atoms with van der Waals surface area (Å²) in [5, 5.41) is 1.97. The maximum atomic E-state index is 12.8. The molecule has 25 heavy (non-hydrogen) atoms. The van der Waals surface area contributed by atoms with Gasteiger partial charge in [0.1, 0.15) is 0 Å². The van der Waals surface area contributed by atoms with Gasteiger partial charge in [0.2, 0.25) is 0 Å². The summed E-state index contributed by atoms with van der Waals surface area (Å²) in [6.45, 7) is 5.08. The summed E-state index contributed by atoms with van der Waals surface area (Å²) in [6, 6.07) is 14.8. The summed E-state index contributed by atoms with van der Waals surface area (Å²) in [6.07, 6.45) is 1.02. The highest BCUT2D eigenvalue weighted by molar-refractivity contribution is 7.12. The van der Waals surface area contributed by atoms with Gasteiger partial charge in [0, 0.05) is 38.1 Å². The monoisotopic (exact) mass is 356 g/mol. The molecule has 4 nitrogen and oxygen atoms in total. The summed E-state index contributed by atoms with van der Waals surface area (Å²) in [5.74, 6) is 0.692. The average Bonchev–Trinajstić information content (AvgIpc) is 3.12. The van der Waals surface area contributed by atoms with Gasteiger partial charge in [-0.25, -0.2) is 0 Å². The van der Waals surface area contributed by atoms with Crippen molar-refractivity contribution in [2.75, 3.05) is 32.8 Å². The van der Waals surface area contributed by atoms with Crippen LogP contribution in [0.1, 0.15) is 21.7 Å². The molecule has 1 aromatic carbocycles. The molecule has 2 aliphatic heterocycles. The third-order valence-corrected chi connectivity index (χ3v) is 6.15. The van der Waals surface area contributed by atoms with E-state index in [2.05, 4.69) is 35.2 Å². The second kappa shape index (κ2) is 7.68. The Bertz CT molecular complexity index is 689. The van der Waals surface area contributed by atoms with E-state index in [1.54, 1.807) is 0 Å². The first kappa shape index (κ1) is 16.8. The fraction of sp³-hybridized carbons (Fsp3) is 0.450. The van der Waals surface area contributed by atoms with E-state index in [1.807, 2.05) is 22.4 Å². The summed E-state index contributed by atoms with van der Waals surface area (Å²) in [5.41, 5.74) is 1.32. The molecule has 5 heteroatoms. The lowest BCUT2D eigenvalue weighted by atomic mass is 9.90. The van der Waals surface area contributed by atoms with E-state index in [9.17, 15) is 4.79 Å². The summed E-state index contributed by atoms with van der Waals surface area (Å²) in [7, 11) is 0. The van der Waals surface area contributed by atoms with Crippen LogP contribution in [0, 0.1) is 5.92 Å². The SMILES string of the molecule is O=C(c1cccs1)N1CCC2COCCN(Cc3ccccc3)C2C1. The minimum atomic E-state index is 0.179. The molecule has 2 aromatic rings. The van der Waals surface area contributed by atoms with Crippen molar-refractivity contribution >= 4 is 17.2 Å². The van der Waals surface area contributed by atoms with E-state index in [-0.39, 0.29) is 5.91 Å². The first-order valence-corrected chi connectivity index (χ1v) is 9.88. The Morgan fingerprint density at radius 2 is 2.04 bits per heavy atom. The van der Waals surface area contributed by atoms with E-state index in [0.29, 0.717) is 12.0 Å². The molecule has 0 radical (unpaired) electrons. The van der Waals surface area contributed by atoms with Gasteiger partial charge in [-0.05, 0) is 23.4 Å². The smallest absolute Gasteiger partial charge is 0.263 e. The number of thiophene rings is 1. The highest BCUT2D eigenvalue weighted by Crippen LogP contribution is 2.28. The Hall–Kier alpha value is -1.69. The largest absolute Gasteiger partial charge is 0.380 e. The Morgan fingerprint density at radius 3 is 2.84 bits per heavy atom. The van der Waals surface area contributed by atoms with Crippen LogP contribution in [0.15, 0.2) is 47.8 Å². The Labute approximate surface area is 153 Å². The normalized spacial score (nSPS) is 24.6. The molecule has 0 saturated carbocycles. The number of carbonyl (C=O) groups excluding carboxylic acids is 1. The fourth-order valence-electron chi connectivity index (χ4n) is 3.93. The number of hydrogen-bond acceptors (Lipinski definition) is 4. The summed E-state index contributed by atoms with van der Waals surface area (Å²) >= 11 is 1.53. The van der Waals surface area contributed by atoms with Crippen LogP contribution in [0.25, 0.3) is 0 Å². The second-order valence-corrected chi connectivity index (χ2v) is 7.82. The summed E-state index contributed by atoms with van der Waals surface area (Å²) in [4.78, 5) is 18.2. The molecule has 1 aromatic heterocycles. The van der Waals surface area contributed by atoms with E-state index in [4.69, 9.17) is 4.74 Å². The van der Waals surface area contributed by atoms with Crippen molar-refractivity contribution in [2.45, 2.75) is 19.0 Å². The molecular weight excluding hydrogens is 332 g/mol. The third-order valence-electron chi connectivity index (χ3n) is 5.29. The van der Waals surface area contributed by atoms with E-state index < -0.39 is 0 Å². The molecule has 2 unspecified atom stereocenters. The number of amides is 1. The number of fused-ring (bicyclic) bond motifs is 1. The molecule has 0 bridgehead atoms. The Kier molecular flexibility index (Phi) is 5.15. The number of benzene rings is 1. The van der Waals surface area contributed by atoms with Gasteiger partial charge in [-0.3, -0.25) is 9.69 Å². The zero-order chi connectivity index (χ0) is 17.1. The molecule has 3 heterocycles. The number of carbonyl (C=O) groups is 1. The quantitative estimate of drug-likeness (QED) is 0.847. The highest BCUT2D eigenvalue weighted by atomic mass is 32.1. The van der Waals surface area contributed by atoms with Gasteiger partial charge < -0.3 is 9.64 Å². The van der Waals surface area contributed by atoms with Crippen molar-refractivity contribution in [3.63, 3.8) is 0 Å². The zero-order valence-electron chi connectivity index (χ0n) is 14.3. The minimum Gasteiger partial charge on any atom is -0.380 e. The van der Waals surface area contributed by atoms with Crippen LogP contribution in [0.5, 0.6) is 0 Å². The number of hydrogen-bond donors (Lipinski definition) is 0. The van der Waals surface area contributed by atoms with Crippen molar-refractivity contribution in [3.8, 4) is 0 Å². The minimum absolute atomic E-state index is 0.179. The van der Waals surface area contributed by atoms with Crippen LogP contribution in [0.2, 0.25) is 0 Å². The van der Waals surface area contributed by atoms with Gasteiger partial charge in [-0.2, -0.15) is 0 Å². The molecular formula is C20H24N2O2S. The van der Waals surface area contributed by atoms with Crippen molar-refractivity contribution < 1.29 is 9.53 Å². The third kappa shape index (κ3) is 3.78. The van der Waals surface area contributed by atoms with Crippen LogP contribution in [0.3, 0.4) is 0 Å². The van der Waals surface area contributed by atoms with Crippen molar-refractivity contribution in [3.05, 3.63) is 58.3 Å². The first-order chi connectivity index (χ1) is 12.3. The fourth-order valence-corrected chi connectivity index (χ4v) is 4.62. The van der Waals surface area contributed by atoms with Crippen LogP contribution >= 0.6 is 11.3 Å². The van der Waals surface area contributed by atoms with E-state index >= 15 is 0 Å². The lowest BCUT2D eigenvalue weighted by molar-refractivity contribution is 0.0374. The van der Waals surface area contributed by atoms with Gasteiger partial charge in [-0.15, -0.1) is 11.3 Å². The zero-order valence-corrected chi connectivity index (χ0v) is 15.2. The molecule has 4 rings (SSSR count). The lowest BCUT2D eigenvalue weighted by Crippen LogP contribution is -2.54. The van der Waals surface area contributed by atoms with Gasteiger partial charge >= 0.3 is 0 Å². The molecule has 0 aliphatic carbocycles. The second-order valence-electron chi connectivity index (χ2n) is 6.88. The van der Waals surface area contributed by atoms with E-state index in [1.165, 1.54) is 16.9 Å². The standard InChI is InChI=1S/C20H24N2O2S/c23-20(19-7-4-12-25-19)22-9-8-17-15-24-11-10-21(18(17)14-22)13-16-5-2-1-3-6-16/h1-7,12,17-18H,8-11,13-15H2. The molecule has 0 spiro atoms. The first-order valence-electron chi connectivity index (χ1n) is 9.00. The van der Waals surface area contributed by atoms with Crippen molar-refractivity contribution in [2.24, 2.45) is 5.92 Å². The number of likely N-dealkylation sites (tertiary alicyclic amines) is 1. The molecule has 2 fully saturated rings. The lowest BCUT2D eigenvalue weighted by Gasteiger charge is -2.42. The number of piperidine rings is 1. The number of rotatable bonds is 3. The van der Waals surface area contributed by atoms with Crippen LogP contribution in [-0.2, 0) is 11.3 Å². The molecule has 0 N–H and O–H groups in total. The molecule has 2 aliphatic rings. The van der Waals surface area contributed by atoms with E-state index in [0.717, 1.165) is 50.7 Å². The highest BCUT2D eigenvalue weighted by Gasteiger charge is 2.37. The Morgan fingerprint density at radius 1 is 1.16 bits per heavy atom.